The second kappa shape index (κ2) is 8.11. The number of carbonyl (C=O) groups is 1. The Bertz CT molecular complexity index is 1100. The lowest BCUT2D eigenvalue weighted by molar-refractivity contribution is -0.114. The Balaban J connectivity index is 1.67. The van der Waals surface area contributed by atoms with Crippen LogP contribution in [0.5, 0.6) is 11.5 Å². The van der Waals surface area contributed by atoms with Crippen LogP contribution in [-0.2, 0) is 4.79 Å². The minimum atomic E-state index is -0.414. The van der Waals surface area contributed by atoms with Gasteiger partial charge in [-0.2, -0.15) is 0 Å². The Morgan fingerprint density at radius 3 is 2.97 bits per heavy atom. The maximum atomic E-state index is 12.9. The summed E-state index contributed by atoms with van der Waals surface area (Å²) in [4.78, 5) is 18.8. The van der Waals surface area contributed by atoms with Crippen LogP contribution >= 0.6 is 11.6 Å². The Kier molecular flexibility index (Phi) is 5.38. The topological polar surface area (TPSA) is 82.9 Å². The molecule has 2 heterocycles. The minimum Gasteiger partial charge on any atom is -0.506 e. The Morgan fingerprint density at radius 1 is 1.31 bits per heavy atom. The number of halogens is 1. The van der Waals surface area contributed by atoms with Gasteiger partial charge in [-0.3, -0.25) is 9.78 Å². The van der Waals surface area contributed by atoms with Gasteiger partial charge in [-0.25, -0.2) is 0 Å². The number of carbonyl (C=O) groups excluding carboxylic acids is 1. The fourth-order valence-electron chi connectivity index (χ4n) is 3.68. The van der Waals surface area contributed by atoms with Crippen LogP contribution in [0, 0.1) is 0 Å². The van der Waals surface area contributed by atoms with Crippen LogP contribution < -0.4 is 9.64 Å². The molecule has 0 saturated heterocycles. The van der Waals surface area contributed by atoms with E-state index in [-0.39, 0.29) is 17.6 Å². The van der Waals surface area contributed by atoms with Gasteiger partial charge in [0.15, 0.2) is 6.79 Å². The zero-order valence-electron chi connectivity index (χ0n) is 15.5. The normalized spacial score (nSPS) is 15.8. The summed E-state index contributed by atoms with van der Waals surface area (Å²) < 4.78 is 5.06. The largest absolute Gasteiger partial charge is 0.506 e. The third kappa shape index (κ3) is 3.64. The van der Waals surface area contributed by atoms with E-state index in [0.29, 0.717) is 29.4 Å². The SMILES string of the molecule is O=C(/C=C/c1cccc(OCO)c1)N1CC(CCl)c2c1cc(O)c1ncccc21. The number of aliphatic hydroxyl groups is 1. The van der Waals surface area contributed by atoms with Crippen molar-refractivity contribution in [2.24, 2.45) is 0 Å². The molecule has 6 nitrogen and oxygen atoms in total. The van der Waals surface area contributed by atoms with Crippen molar-refractivity contribution in [2.75, 3.05) is 24.1 Å². The number of amides is 1. The van der Waals surface area contributed by atoms with E-state index in [2.05, 4.69) is 4.98 Å². The van der Waals surface area contributed by atoms with Gasteiger partial charge in [0.25, 0.3) is 5.91 Å². The number of aromatic hydroxyl groups is 1. The van der Waals surface area contributed by atoms with Crippen LogP contribution in [0.3, 0.4) is 0 Å². The lowest BCUT2D eigenvalue weighted by atomic mass is 9.98. The predicted octanol–water partition coefficient (Wildman–Crippen LogP) is 3.65. The average Bonchev–Trinajstić information content (AvgIpc) is 3.11. The molecule has 2 N–H and O–H groups in total. The van der Waals surface area contributed by atoms with E-state index in [1.54, 1.807) is 47.5 Å². The molecular formula is C22H19ClN2O4. The van der Waals surface area contributed by atoms with Gasteiger partial charge < -0.3 is 19.8 Å². The molecule has 2 aromatic carbocycles. The number of hydrogen-bond acceptors (Lipinski definition) is 5. The average molecular weight is 411 g/mol. The van der Waals surface area contributed by atoms with Crippen molar-refractivity contribution < 1.29 is 19.7 Å². The van der Waals surface area contributed by atoms with E-state index >= 15 is 0 Å². The Hall–Kier alpha value is -3.09. The van der Waals surface area contributed by atoms with Gasteiger partial charge in [-0.05, 0) is 35.4 Å². The van der Waals surface area contributed by atoms with Crippen molar-refractivity contribution in [2.45, 2.75) is 5.92 Å². The van der Waals surface area contributed by atoms with Gasteiger partial charge in [0.2, 0.25) is 0 Å². The van der Waals surface area contributed by atoms with Gasteiger partial charge in [-0.1, -0.05) is 18.2 Å². The molecule has 1 amide bonds. The van der Waals surface area contributed by atoms with Gasteiger partial charge in [0.1, 0.15) is 17.0 Å². The molecular weight excluding hydrogens is 392 g/mol. The summed E-state index contributed by atoms with van der Waals surface area (Å²) in [5.74, 6) is 0.646. The molecule has 29 heavy (non-hydrogen) atoms. The second-order valence-electron chi connectivity index (χ2n) is 6.71. The molecule has 0 bridgehead atoms. The Labute approximate surface area is 172 Å². The molecule has 1 unspecified atom stereocenters. The highest BCUT2D eigenvalue weighted by molar-refractivity contribution is 6.19. The van der Waals surface area contributed by atoms with Gasteiger partial charge in [0, 0.05) is 42.1 Å². The lowest BCUT2D eigenvalue weighted by Crippen LogP contribution is -2.28. The van der Waals surface area contributed by atoms with E-state index in [1.807, 2.05) is 12.1 Å². The zero-order chi connectivity index (χ0) is 20.4. The van der Waals surface area contributed by atoms with Crippen LogP contribution in [0.25, 0.3) is 17.0 Å². The summed E-state index contributed by atoms with van der Waals surface area (Å²) in [5.41, 5.74) is 2.86. The van der Waals surface area contributed by atoms with E-state index in [9.17, 15) is 9.90 Å². The molecule has 0 fully saturated rings. The first-order chi connectivity index (χ1) is 14.1. The first-order valence-electron chi connectivity index (χ1n) is 9.12. The van der Waals surface area contributed by atoms with Crippen LogP contribution in [0.15, 0.2) is 54.7 Å². The molecule has 0 spiro atoms. The number of rotatable bonds is 5. The summed E-state index contributed by atoms with van der Waals surface area (Å²) in [6.07, 6.45) is 4.78. The van der Waals surface area contributed by atoms with Crippen LogP contribution in [0.2, 0.25) is 0 Å². The first kappa shape index (κ1) is 19.2. The quantitative estimate of drug-likeness (QED) is 0.381. The summed E-state index contributed by atoms with van der Waals surface area (Å²) in [5, 5.41) is 20.1. The van der Waals surface area contributed by atoms with Crippen LogP contribution in [0.4, 0.5) is 5.69 Å². The number of aromatic nitrogens is 1. The summed E-state index contributed by atoms with van der Waals surface area (Å²) in [6, 6.07) is 12.3. The van der Waals surface area contributed by atoms with Crippen molar-refractivity contribution in [1.29, 1.82) is 0 Å². The molecule has 0 aliphatic carbocycles. The monoisotopic (exact) mass is 410 g/mol. The lowest BCUT2D eigenvalue weighted by Gasteiger charge is -2.16. The van der Waals surface area contributed by atoms with Gasteiger partial charge in [-0.15, -0.1) is 11.6 Å². The smallest absolute Gasteiger partial charge is 0.251 e. The van der Waals surface area contributed by atoms with Crippen molar-refractivity contribution in [3.63, 3.8) is 0 Å². The number of phenolic OH excluding ortho intramolecular Hbond substituents is 1. The number of hydrogen-bond donors (Lipinski definition) is 2. The van der Waals surface area contributed by atoms with Crippen LogP contribution in [0.1, 0.15) is 17.0 Å². The highest BCUT2D eigenvalue weighted by Gasteiger charge is 2.33. The summed E-state index contributed by atoms with van der Waals surface area (Å²) >= 11 is 6.19. The molecule has 3 aromatic rings. The fourth-order valence-corrected chi connectivity index (χ4v) is 3.93. The number of nitrogens with zero attached hydrogens (tertiary/aromatic N) is 2. The van der Waals surface area contributed by atoms with Gasteiger partial charge >= 0.3 is 0 Å². The minimum absolute atomic E-state index is 0.0326. The van der Waals surface area contributed by atoms with E-state index in [4.69, 9.17) is 21.4 Å². The molecule has 1 aliphatic heterocycles. The van der Waals surface area contributed by atoms with Crippen molar-refractivity contribution in [1.82, 2.24) is 4.98 Å². The Morgan fingerprint density at radius 2 is 2.17 bits per heavy atom. The zero-order valence-corrected chi connectivity index (χ0v) is 16.2. The number of pyridine rings is 1. The number of ether oxygens (including phenoxy) is 1. The highest BCUT2D eigenvalue weighted by atomic mass is 35.5. The van der Waals surface area contributed by atoms with E-state index in [1.165, 1.54) is 6.08 Å². The molecule has 0 radical (unpaired) electrons. The van der Waals surface area contributed by atoms with Crippen LogP contribution in [-0.4, -0.2) is 40.3 Å². The van der Waals surface area contributed by atoms with Crippen molar-refractivity contribution in [3.8, 4) is 11.5 Å². The third-order valence-corrected chi connectivity index (χ3v) is 5.32. The van der Waals surface area contributed by atoms with Crippen molar-refractivity contribution >= 4 is 40.2 Å². The van der Waals surface area contributed by atoms with E-state index < -0.39 is 6.79 Å². The maximum absolute atomic E-state index is 12.9. The molecule has 0 saturated carbocycles. The number of anilines is 1. The number of aliphatic hydroxyl groups excluding tert-OH is 1. The number of phenols is 1. The second-order valence-corrected chi connectivity index (χ2v) is 7.02. The number of fused-ring (bicyclic) bond motifs is 3. The molecule has 7 heteroatoms. The molecule has 4 rings (SSSR count). The third-order valence-electron chi connectivity index (χ3n) is 4.95. The first-order valence-corrected chi connectivity index (χ1v) is 9.65. The molecule has 148 valence electrons. The summed E-state index contributed by atoms with van der Waals surface area (Å²) in [7, 11) is 0. The number of benzene rings is 2. The fraction of sp³-hybridized carbons (Fsp3) is 0.182. The molecule has 1 aromatic heterocycles. The highest BCUT2D eigenvalue weighted by Crippen LogP contribution is 2.44. The maximum Gasteiger partial charge on any atom is 0.251 e. The number of alkyl halides is 1. The summed E-state index contributed by atoms with van der Waals surface area (Å²) in [6.45, 7) is 0.0197. The van der Waals surface area contributed by atoms with Gasteiger partial charge in [0.05, 0.1) is 5.69 Å². The molecule has 1 atom stereocenters. The van der Waals surface area contributed by atoms with E-state index in [0.717, 1.165) is 16.5 Å². The standard InChI is InChI=1S/C22H19ClN2O4/c23-11-15-12-25(18-10-19(27)22-17(21(15)18)5-2-8-24-22)20(28)7-6-14-3-1-4-16(9-14)29-13-26/h1-10,15,26-27H,11-13H2/b7-6+. The molecule has 1 aliphatic rings. The van der Waals surface area contributed by atoms with Crippen molar-refractivity contribution in [3.05, 3.63) is 65.9 Å². The predicted molar refractivity (Wildman–Crippen MR) is 112 cm³/mol.